The van der Waals surface area contributed by atoms with Crippen LogP contribution in [0.25, 0.3) is 0 Å². The van der Waals surface area contributed by atoms with Gasteiger partial charge in [-0.3, -0.25) is 4.79 Å². The van der Waals surface area contributed by atoms with Crippen LogP contribution in [0.2, 0.25) is 0 Å². The highest BCUT2D eigenvalue weighted by Gasteiger charge is 2.06. The number of anilines is 2. The summed E-state index contributed by atoms with van der Waals surface area (Å²) in [4.78, 5) is 12.3. The van der Waals surface area contributed by atoms with Gasteiger partial charge in [0.1, 0.15) is 24.7 Å². The van der Waals surface area contributed by atoms with Crippen LogP contribution in [0, 0.1) is 13.8 Å². The molecular weight excluding hydrogens is 364 g/mol. The van der Waals surface area contributed by atoms with Gasteiger partial charge in [-0.25, -0.2) is 0 Å². The highest BCUT2D eigenvalue weighted by Crippen LogP contribution is 2.20. The molecule has 3 aromatic carbocycles. The number of ether oxygens (including phenoxy) is 2. The van der Waals surface area contributed by atoms with Crippen LogP contribution >= 0.6 is 0 Å². The number of hydrogen-bond donors (Lipinski definition) is 2. The molecule has 0 spiro atoms. The second kappa shape index (κ2) is 10.2. The molecule has 0 unspecified atom stereocenters. The molecule has 5 heteroatoms. The van der Waals surface area contributed by atoms with Gasteiger partial charge < -0.3 is 20.1 Å². The second-order valence-electron chi connectivity index (χ2n) is 6.71. The van der Waals surface area contributed by atoms with Crippen LogP contribution in [0.15, 0.2) is 72.8 Å². The van der Waals surface area contributed by atoms with Gasteiger partial charge in [-0.05, 0) is 49.2 Å². The minimum atomic E-state index is -0.114. The number of carbonyl (C=O) groups is 1. The lowest BCUT2D eigenvalue weighted by Gasteiger charge is -2.13. The van der Waals surface area contributed by atoms with Crippen molar-refractivity contribution in [3.8, 4) is 11.5 Å². The molecule has 0 aliphatic rings. The molecule has 2 N–H and O–H groups in total. The van der Waals surface area contributed by atoms with Gasteiger partial charge in [0.25, 0.3) is 0 Å². The van der Waals surface area contributed by atoms with Gasteiger partial charge in [-0.15, -0.1) is 0 Å². The fourth-order valence-electron chi connectivity index (χ4n) is 2.97. The molecular formula is C24H26N2O3. The molecule has 0 saturated carbocycles. The van der Waals surface area contributed by atoms with Crippen LogP contribution in [0.1, 0.15) is 11.1 Å². The SMILES string of the molecule is Cc1cccc(C)c1NCC(=O)Nc1cccc(OCCOc2ccccc2)c1. The second-order valence-corrected chi connectivity index (χ2v) is 6.71. The van der Waals surface area contributed by atoms with Crippen molar-refractivity contribution in [2.24, 2.45) is 0 Å². The highest BCUT2D eigenvalue weighted by molar-refractivity contribution is 5.94. The van der Waals surface area contributed by atoms with Crippen molar-refractivity contribution < 1.29 is 14.3 Å². The van der Waals surface area contributed by atoms with E-state index in [1.165, 1.54) is 0 Å². The van der Waals surface area contributed by atoms with Crippen LogP contribution in [-0.2, 0) is 4.79 Å². The number of benzene rings is 3. The van der Waals surface area contributed by atoms with Crippen LogP contribution in [0.3, 0.4) is 0 Å². The van der Waals surface area contributed by atoms with Crippen LogP contribution in [0.4, 0.5) is 11.4 Å². The molecule has 0 aliphatic carbocycles. The lowest BCUT2D eigenvalue weighted by atomic mass is 10.1. The van der Waals surface area contributed by atoms with Gasteiger partial charge in [0.2, 0.25) is 5.91 Å². The summed E-state index contributed by atoms with van der Waals surface area (Å²) >= 11 is 0. The molecule has 1 amide bonds. The highest BCUT2D eigenvalue weighted by atomic mass is 16.5. The first kappa shape index (κ1) is 20.3. The first-order valence-corrected chi connectivity index (χ1v) is 9.62. The number of aryl methyl sites for hydroxylation is 2. The van der Waals surface area contributed by atoms with Crippen LogP contribution < -0.4 is 20.1 Å². The summed E-state index contributed by atoms with van der Waals surface area (Å²) in [6.07, 6.45) is 0. The average Bonchev–Trinajstić information content (AvgIpc) is 2.72. The van der Waals surface area contributed by atoms with Gasteiger partial charge >= 0.3 is 0 Å². The topological polar surface area (TPSA) is 59.6 Å². The normalized spacial score (nSPS) is 10.3. The van der Waals surface area contributed by atoms with E-state index in [0.717, 1.165) is 22.6 Å². The molecule has 0 bridgehead atoms. The van der Waals surface area contributed by atoms with Gasteiger partial charge in [0, 0.05) is 17.4 Å². The Morgan fingerprint density at radius 2 is 1.41 bits per heavy atom. The van der Waals surface area contributed by atoms with Crippen molar-refractivity contribution in [3.63, 3.8) is 0 Å². The lowest BCUT2D eigenvalue weighted by Crippen LogP contribution is -2.22. The Hall–Kier alpha value is -3.47. The van der Waals surface area contributed by atoms with E-state index in [0.29, 0.717) is 24.7 Å². The molecule has 29 heavy (non-hydrogen) atoms. The zero-order chi connectivity index (χ0) is 20.5. The van der Waals surface area contributed by atoms with Crippen molar-refractivity contribution in [1.29, 1.82) is 0 Å². The predicted octanol–water partition coefficient (Wildman–Crippen LogP) is 4.81. The minimum absolute atomic E-state index is 0.114. The Bertz CT molecular complexity index is 922. The zero-order valence-corrected chi connectivity index (χ0v) is 16.8. The van der Waals surface area contributed by atoms with Crippen LogP contribution in [-0.4, -0.2) is 25.7 Å². The van der Waals surface area contributed by atoms with Crippen molar-refractivity contribution in [2.75, 3.05) is 30.4 Å². The van der Waals surface area contributed by atoms with E-state index >= 15 is 0 Å². The molecule has 0 atom stereocenters. The predicted molar refractivity (Wildman–Crippen MR) is 117 cm³/mol. The Labute approximate surface area is 171 Å². The molecule has 0 aliphatic heterocycles. The van der Waals surface area contributed by atoms with E-state index in [-0.39, 0.29) is 12.5 Å². The summed E-state index contributed by atoms with van der Waals surface area (Å²) in [6, 6.07) is 23.0. The molecule has 0 radical (unpaired) electrons. The number of carbonyl (C=O) groups excluding carboxylic acids is 1. The monoisotopic (exact) mass is 390 g/mol. The number of rotatable bonds is 9. The molecule has 0 fully saturated rings. The van der Waals surface area contributed by atoms with Crippen LogP contribution in [0.5, 0.6) is 11.5 Å². The zero-order valence-electron chi connectivity index (χ0n) is 16.8. The van der Waals surface area contributed by atoms with Crippen molar-refractivity contribution in [2.45, 2.75) is 13.8 Å². The van der Waals surface area contributed by atoms with E-state index in [2.05, 4.69) is 10.6 Å². The summed E-state index contributed by atoms with van der Waals surface area (Å²) in [7, 11) is 0. The average molecular weight is 390 g/mol. The first-order chi connectivity index (χ1) is 14.1. The van der Waals surface area contributed by atoms with Gasteiger partial charge in [0.15, 0.2) is 0 Å². The van der Waals surface area contributed by atoms with Crippen molar-refractivity contribution in [1.82, 2.24) is 0 Å². The standard InChI is InChI=1S/C24H26N2O3/c1-18-8-6-9-19(2)24(18)25-17-23(27)26-20-10-7-13-22(16-20)29-15-14-28-21-11-4-3-5-12-21/h3-13,16,25H,14-15,17H2,1-2H3,(H,26,27). The summed E-state index contributed by atoms with van der Waals surface area (Å²) in [5.41, 5.74) is 3.93. The number of para-hydroxylation sites is 2. The maximum atomic E-state index is 12.3. The lowest BCUT2D eigenvalue weighted by molar-refractivity contribution is -0.114. The third-order valence-corrected chi connectivity index (χ3v) is 4.39. The molecule has 3 aromatic rings. The van der Waals surface area contributed by atoms with Gasteiger partial charge in [0.05, 0.1) is 6.54 Å². The third-order valence-electron chi connectivity index (χ3n) is 4.39. The fraction of sp³-hybridized carbons (Fsp3) is 0.208. The molecule has 0 saturated heterocycles. The minimum Gasteiger partial charge on any atom is -0.490 e. The van der Waals surface area contributed by atoms with Gasteiger partial charge in [-0.1, -0.05) is 42.5 Å². The number of amides is 1. The van der Waals surface area contributed by atoms with E-state index in [4.69, 9.17) is 9.47 Å². The van der Waals surface area contributed by atoms with E-state index < -0.39 is 0 Å². The summed E-state index contributed by atoms with van der Waals surface area (Å²) in [6.45, 7) is 5.10. The molecule has 3 rings (SSSR count). The van der Waals surface area contributed by atoms with E-state index in [9.17, 15) is 4.79 Å². The van der Waals surface area contributed by atoms with E-state index in [1.54, 1.807) is 6.07 Å². The first-order valence-electron chi connectivity index (χ1n) is 9.62. The summed E-state index contributed by atoms with van der Waals surface area (Å²) in [5, 5.41) is 6.11. The smallest absolute Gasteiger partial charge is 0.243 e. The van der Waals surface area contributed by atoms with Crippen molar-refractivity contribution in [3.05, 3.63) is 83.9 Å². The number of hydrogen-bond acceptors (Lipinski definition) is 4. The molecule has 5 nitrogen and oxygen atoms in total. The molecule has 0 aromatic heterocycles. The Morgan fingerprint density at radius 3 is 2.14 bits per heavy atom. The van der Waals surface area contributed by atoms with E-state index in [1.807, 2.05) is 80.6 Å². The Morgan fingerprint density at radius 1 is 0.793 bits per heavy atom. The fourth-order valence-corrected chi connectivity index (χ4v) is 2.97. The Balaban J connectivity index is 1.45. The maximum absolute atomic E-state index is 12.3. The number of nitrogens with one attached hydrogen (secondary N) is 2. The van der Waals surface area contributed by atoms with Crippen molar-refractivity contribution >= 4 is 17.3 Å². The summed E-state index contributed by atoms with van der Waals surface area (Å²) < 4.78 is 11.3. The Kier molecular flexibility index (Phi) is 7.11. The largest absolute Gasteiger partial charge is 0.490 e. The third kappa shape index (κ3) is 6.28. The van der Waals surface area contributed by atoms with Gasteiger partial charge in [-0.2, -0.15) is 0 Å². The summed E-state index contributed by atoms with van der Waals surface area (Å²) in [5.74, 6) is 1.38. The molecule has 0 heterocycles. The quantitative estimate of drug-likeness (QED) is 0.515. The maximum Gasteiger partial charge on any atom is 0.243 e. The molecule has 150 valence electrons.